The summed E-state index contributed by atoms with van der Waals surface area (Å²) in [6.07, 6.45) is 0. The van der Waals surface area contributed by atoms with Crippen LogP contribution in [0.4, 0.5) is 5.69 Å². The van der Waals surface area contributed by atoms with E-state index in [1.807, 2.05) is 60.7 Å². The molecule has 0 aliphatic rings. The van der Waals surface area contributed by atoms with Gasteiger partial charge in [-0.2, -0.15) is 0 Å². The summed E-state index contributed by atoms with van der Waals surface area (Å²) in [5.41, 5.74) is 9.90. The van der Waals surface area contributed by atoms with Crippen LogP contribution in [0.3, 0.4) is 0 Å². The smallest absolute Gasteiger partial charge is 0.127 e. The van der Waals surface area contributed by atoms with Crippen molar-refractivity contribution in [2.75, 3.05) is 5.73 Å². The molecule has 0 amide bonds. The zero-order valence-corrected chi connectivity index (χ0v) is 12.9. The standard InChI is InChI=1S/C19H17NO.ClH/c20-17-10-6-9-16(13-17)18-11-4-5-12-19(18)21-14-15-7-2-1-3-8-15;/h1-13H,14,20H2;1H. The first-order valence-electron chi connectivity index (χ1n) is 6.94. The molecule has 0 heterocycles. The summed E-state index contributed by atoms with van der Waals surface area (Å²) >= 11 is 0. The first kappa shape index (κ1) is 15.9. The first-order valence-corrected chi connectivity index (χ1v) is 6.94. The molecule has 3 aromatic carbocycles. The van der Waals surface area contributed by atoms with Crippen molar-refractivity contribution in [2.24, 2.45) is 0 Å². The maximum absolute atomic E-state index is 5.98. The molecule has 2 nitrogen and oxygen atoms in total. The van der Waals surface area contributed by atoms with Crippen molar-refractivity contribution in [3.8, 4) is 16.9 Å². The normalized spacial score (nSPS) is 9.82. The zero-order valence-electron chi connectivity index (χ0n) is 12.1. The van der Waals surface area contributed by atoms with E-state index in [0.717, 1.165) is 28.1 Å². The number of halogens is 1. The van der Waals surface area contributed by atoms with Gasteiger partial charge in [-0.25, -0.2) is 0 Å². The average molecular weight is 312 g/mol. The summed E-state index contributed by atoms with van der Waals surface area (Å²) in [5, 5.41) is 0. The summed E-state index contributed by atoms with van der Waals surface area (Å²) in [5.74, 6) is 0.868. The molecule has 3 heteroatoms. The Bertz CT molecular complexity index is 728. The Balaban J connectivity index is 0.00000176. The minimum Gasteiger partial charge on any atom is -0.488 e. The van der Waals surface area contributed by atoms with Crippen LogP contribution in [-0.2, 0) is 6.61 Å². The largest absolute Gasteiger partial charge is 0.488 e. The van der Waals surface area contributed by atoms with Gasteiger partial charge >= 0.3 is 0 Å². The number of benzene rings is 3. The SMILES string of the molecule is Cl.Nc1cccc(-c2ccccc2OCc2ccccc2)c1. The lowest BCUT2D eigenvalue weighted by Gasteiger charge is -2.12. The van der Waals surface area contributed by atoms with Crippen molar-refractivity contribution >= 4 is 18.1 Å². The molecule has 0 aliphatic carbocycles. The van der Waals surface area contributed by atoms with Crippen LogP contribution in [0.2, 0.25) is 0 Å². The van der Waals surface area contributed by atoms with E-state index < -0.39 is 0 Å². The second-order valence-electron chi connectivity index (χ2n) is 4.90. The summed E-state index contributed by atoms with van der Waals surface area (Å²) in [7, 11) is 0. The molecule has 0 fully saturated rings. The molecule has 0 unspecified atom stereocenters. The van der Waals surface area contributed by atoms with Crippen LogP contribution in [0.5, 0.6) is 5.75 Å². The Morgan fingerprint density at radius 1 is 0.773 bits per heavy atom. The van der Waals surface area contributed by atoms with Gasteiger partial charge in [0.05, 0.1) is 0 Å². The number of anilines is 1. The lowest BCUT2D eigenvalue weighted by molar-refractivity contribution is 0.307. The highest BCUT2D eigenvalue weighted by Crippen LogP contribution is 2.31. The Morgan fingerprint density at radius 3 is 2.27 bits per heavy atom. The van der Waals surface area contributed by atoms with Crippen LogP contribution < -0.4 is 10.5 Å². The van der Waals surface area contributed by atoms with Crippen LogP contribution in [0, 0.1) is 0 Å². The van der Waals surface area contributed by atoms with Crippen molar-refractivity contribution < 1.29 is 4.74 Å². The van der Waals surface area contributed by atoms with Crippen LogP contribution in [0.15, 0.2) is 78.9 Å². The van der Waals surface area contributed by atoms with Crippen LogP contribution in [0.1, 0.15) is 5.56 Å². The highest BCUT2D eigenvalue weighted by molar-refractivity contribution is 5.85. The van der Waals surface area contributed by atoms with Gasteiger partial charge in [0.1, 0.15) is 12.4 Å². The summed E-state index contributed by atoms with van der Waals surface area (Å²) in [6.45, 7) is 0.556. The molecular weight excluding hydrogens is 294 g/mol. The second-order valence-corrected chi connectivity index (χ2v) is 4.90. The van der Waals surface area contributed by atoms with Crippen LogP contribution in [0.25, 0.3) is 11.1 Å². The lowest BCUT2D eigenvalue weighted by Crippen LogP contribution is -1.97. The third kappa shape index (κ3) is 3.80. The van der Waals surface area contributed by atoms with Gasteiger partial charge in [0.15, 0.2) is 0 Å². The minimum absolute atomic E-state index is 0. The van der Waals surface area contributed by atoms with E-state index in [9.17, 15) is 0 Å². The van der Waals surface area contributed by atoms with Gasteiger partial charge in [-0.1, -0.05) is 60.7 Å². The summed E-state index contributed by atoms with van der Waals surface area (Å²) in [4.78, 5) is 0. The number of rotatable bonds is 4. The number of para-hydroxylation sites is 1. The topological polar surface area (TPSA) is 35.2 Å². The van der Waals surface area contributed by atoms with Gasteiger partial charge in [0.25, 0.3) is 0 Å². The predicted molar refractivity (Wildman–Crippen MR) is 94.3 cm³/mol. The van der Waals surface area contributed by atoms with Gasteiger partial charge in [-0.3, -0.25) is 0 Å². The second kappa shape index (κ2) is 7.53. The molecule has 0 bridgehead atoms. The van der Waals surface area contributed by atoms with E-state index in [4.69, 9.17) is 10.5 Å². The Morgan fingerprint density at radius 2 is 1.50 bits per heavy atom. The number of hydrogen-bond acceptors (Lipinski definition) is 2. The van der Waals surface area contributed by atoms with Gasteiger partial charge in [0, 0.05) is 11.3 Å². The van der Waals surface area contributed by atoms with E-state index in [-0.39, 0.29) is 12.4 Å². The number of nitrogen functional groups attached to an aromatic ring is 1. The predicted octanol–water partition coefficient (Wildman–Crippen LogP) is 4.94. The molecule has 0 aromatic heterocycles. The fraction of sp³-hybridized carbons (Fsp3) is 0.0526. The molecule has 0 radical (unpaired) electrons. The van der Waals surface area contributed by atoms with E-state index in [1.54, 1.807) is 0 Å². The molecule has 112 valence electrons. The van der Waals surface area contributed by atoms with E-state index in [0.29, 0.717) is 6.61 Å². The molecule has 0 spiro atoms. The highest BCUT2D eigenvalue weighted by atomic mass is 35.5. The highest BCUT2D eigenvalue weighted by Gasteiger charge is 2.06. The number of hydrogen-bond donors (Lipinski definition) is 1. The van der Waals surface area contributed by atoms with Crippen LogP contribution >= 0.6 is 12.4 Å². The monoisotopic (exact) mass is 311 g/mol. The zero-order chi connectivity index (χ0) is 14.5. The van der Waals surface area contributed by atoms with Crippen molar-refractivity contribution in [2.45, 2.75) is 6.61 Å². The Hall–Kier alpha value is -2.45. The summed E-state index contributed by atoms with van der Waals surface area (Å²) < 4.78 is 5.98. The van der Waals surface area contributed by atoms with Crippen molar-refractivity contribution in [3.05, 3.63) is 84.4 Å². The summed E-state index contributed by atoms with van der Waals surface area (Å²) in [6, 6.07) is 26.0. The fourth-order valence-electron chi connectivity index (χ4n) is 2.27. The maximum atomic E-state index is 5.98. The van der Waals surface area contributed by atoms with Crippen molar-refractivity contribution in [1.29, 1.82) is 0 Å². The first-order chi connectivity index (χ1) is 10.3. The average Bonchev–Trinajstić information content (AvgIpc) is 2.54. The number of ether oxygens (including phenoxy) is 1. The molecular formula is C19H18ClNO. The van der Waals surface area contributed by atoms with Gasteiger partial charge in [-0.05, 0) is 29.3 Å². The molecule has 22 heavy (non-hydrogen) atoms. The van der Waals surface area contributed by atoms with E-state index in [1.165, 1.54) is 0 Å². The Labute approximate surface area is 137 Å². The van der Waals surface area contributed by atoms with Crippen molar-refractivity contribution in [1.82, 2.24) is 0 Å². The quantitative estimate of drug-likeness (QED) is 0.693. The van der Waals surface area contributed by atoms with Gasteiger partial charge in [0.2, 0.25) is 0 Å². The molecule has 0 atom stereocenters. The fourth-order valence-corrected chi connectivity index (χ4v) is 2.27. The maximum Gasteiger partial charge on any atom is 0.127 e. The molecule has 0 saturated carbocycles. The van der Waals surface area contributed by atoms with Crippen LogP contribution in [-0.4, -0.2) is 0 Å². The molecule has 2 N–H and O–H groups in total. The molecule has 3 aromatic rings. The molecule has 0 aliphatic heterocycles. The van der Waals surface area contributed by atoms with Gasteiger partial charge < -0.3 is 10.5 Å². The third-order valence-electron chi connectivity index (χ3n) is 3.32. The lowest BCUT2D eigenvalue weighted by atomic mass is 10.0. The molecule has 3 rings (SSSR count). The van der Waals surface area contributed by atoms with Crippen molar-refractivity contribution in [3.63, 3.8) is 0 Å². The third-order valence-corrected chi connectivity index (χ3v) is 3.32. The van der Waals surface area contributed by atoms with E-state index in [2.05, 4.69) is 18.2 Å². The number of nitrogens with two attached hydrogens (primary N) is 1. The minimum atomic E-state index is 0. The van der Waals surface area contributed by atoms with Gasteiger partial charge in [-0.15, -0.1) is 12.4 Å². The van der Waals surface area contributed by atoms with E-state index >= 15 is 0 Å². The molecule has 0 saturated heterocycles. The Kier molecular flexibility index (Phi) is 5.45.